The zero-order valence-corrected chi connectivity index (χ0v) is 10.6. The smallest absolute Gasteiger partial charge is 0.155 e. The average molecular weight is 242 g/mol. The normalized spacial score (nSPS) is 18.7. The van der Waals surface area contributed by atoms with E-state index in [2.05, 4.69) is 41.3 Å². The van der Waals surface area contributed by atoms with Crippen molar-refractivity contribution in [2.24, 2.45) is 5.73 Å². The van der Waals surface area contributed by atoms with Gasteiger partial charge in [0.15, 0.2) is 5.82 Å². The number of benzene rings is 1. The molecule has 1 atom stereocenters. The van der Waals surface area contributed by atoms with Crippen LogP contribution in [0.1, 0.15) is 41.7 Å². The predicted molar refractivity (Wildman–Crippen MR) is 70.2 cm³/mol. The molecule has 1 unspecified atom stereocenters. The van der Waals surface area contributed by atoms with Crippen molar-refractivity contribution in [3.8, 4) is 0 Å². The number of hydrogen-bond acceptors (Lipinski definition) is 3. The molecule has 0 aliphatic carbocycles. The zero-order chi connectivity index (χ0) is 12.5. The Bertz CT molecular complexity index is 541. The minimum absolute atomic E-state index is 0.0537. The van der Waals surface area contributed by atoms with E-state index in [9.17, 15) is 0 Å². The summed E-state index contributed by atoms with van der Waals surface area (Å²) in [5.41, 5.74) is 8.57. The fourth-order valence-corrected chi connectivity index (χ4v) is 2.40. The third-order valence-electron chi connectivity index (χ3n) is 3.44. The Hall–Kier alpha value is -1.68. The lowest BCUT2D eigenvalue weighted by Gasteiger charge is -2.17. The molecule has 2 N–H and O–H groups in total. The van der Waals surface area contributed by atoms with Crippen molar-refractivity contribution >= 4 is 0 Å². The van der Waals surface area contributed by atoms with Crippen molar-refractivity contribution in [2.75, 3.05) is 0 Å². The Kier molecular flexibility index (Phi) is 2.88. The minimum atomic E-state index is 0.0537. The van der Waals surface area contributed by atoms with Crippen LogP contribution in [-0.2, 0) is 13.0 Å². The van der Waals surface area contributed by atoms with Crippen molar-refractivity contribution in [3.05, 3.63) is 47.0 Å². The monoisotopic (exact) mass is 242 g/mol. The van der Waals surface area contributed by atoms with Gasteiger partial charge in [0.05, 0.1) is 6.04 Å². The first-order chi connectivity index (χ1) is 8.72. The van der Waals surface area contributed by atoms with Crippen LogP contribution in [-0.4, -0.2) is 14.8 Å². The maximum atomic E-state index is 6.05. The number of aryl methyl sites for hydroxylation is 2. The highest BCUT2D eigenvalue weighted by Gasteiger charge is 2.20. The van der Waals surface area contributed by atoms with Crippen LogP contribution in [0.25, 0.3) is 0 Å². The average Bonchev–Trinajstić information content (AvgIpc) is 2.76. The van der Waals surface area contributed by atoms with Gasteiger partial charge < -0.3 is 5.73 Å². The first-order valence-corrected chi connectivity index (χ1v) is 6.47. The first-order valence-electron chi connectivity index (χ1n) is 6.47. The predicted octanol–water partition coefficient (Wildman–Crippen LogP) is 1.97. The summed E-state index contributed by atoms with van der Waals surface area (Å²) in [5, 5.41) is 4.54. The van der Waals surface area contributed by atoms with Gasteiger partial charge in [-0.1, -0.05) is 29.8 Å². The third-order valence-corrected chi connectivity index (χ3v) is 3.44. The third kappa shape index (κ3) is 2.16. The SMILES string of the molecule is Cc1ccc(Cc2nc3n(n2)CCCC3N)cc1. The van der Waals surface area contributed by atoms with Gasteiger partial charge in [-0.25, -0.2) is 9.67 Å². The summed E-state index contributed by atoms with van der Waals surface area (Å²) in [7, 11) is 0. The highest BCUT2D eigenvalue weighted by atomic mass is 15.4. The molecule has 1 aromatic heterocycles. The molecule has 4 heteroatoms. The van der Waals surface area contributed by atoms with E-state index in [0.717, 1.165) is 37.5 Å². The van der Waals surface area contributed by atoms with Crippen LogP contribution < -0.4 is 5.73 Å². The highest BCUT2D eigenvalue weighted by Crippen LogP contribution is 2.21. The number of fused-ring (bicyclic) bond motifs is 1. The molecule has 1 aliphatic rings. The Balaban J connectivity index is 1.83. The van der Waals surface area contributed by atoms with Crippen molar-refractivity contribution in [1.82, 2.24) is 14.8 Å². The molecule has 0 fully saturated rings. The summed E-state index contributed by atoms with van der Waals surface area (Å²) in [6.07, 6.45) is 2.90. The Morgan fingerprint density at radius 1 is 1.33 bits per heavy atom. The number of nitrogens with zero attached hydrogens (tertiary/aromatic N) is 3. The fourth-order valence-electron chi connectivity index (χ4n) is 2.40. The molecule has 0 spiro atoms. The molecule has 1 aromatic carbocycles. The summed E-state index contributed by atoms with van der Waals surface area (Å²) in [6, 6.07) is 8.57. The van der Waals surface area contributed by atoms with Gasteiger partial charge in [0.2, 0.25) is 0 Å². The van der Waals surface area contributed by atoms with Crippen LogP contribution in [0.4, 0.5) is 0 Å². The maximum absolute atomic E-state index is 6.05. The summed E-state index contributed by atoms with van der Waals surface area (Å²) >= 11 is 0. The second-order valence-corrected chi connectivity index (χ2v) is 5.02. The molecule has 0 saturated carbocycles. The minimum Gasteiger partial charge on any atom is -0.321 e. The van der Waals surface area contributed by atoms with E-state index in [0.29, 0.717) is 0 Å². The van der Waals surface area contributed by atoms with E-state index in [1.807, 2.05) is 4.68 Å². The molecular formula is C14H18N4. The van der Waals surface area contributed by atoms with Crippen LogP contribution in [0.3, 0.4) is 0 Å². The van der Waals surface area contributed by atoms with Crippen molar-refractivity contribution in [3.63, 3.8) is 0 Å². The summed E-state index contributed by atoms with van der Waals surface area (Å²) in [6.45, 7) is 3.04. The lowest BCUT2D eigenvalue weighted by Crippen LogP contribution is -2.22. The molecule has 2 aromatic rings. The van der Waals surface area contributed by atoms with E-state index < -0.39 is 0 Å². The van der Waals surface area contributed by atoms with Crippen LogP contribution in [0, 0.1) is 6.92 Å². The molecule has 0 bridgehead atoms. The maximum Gasteiger partial charge on any atom is 0.155 e. The highest BCUT2D eigenvalue weighted by molar-refractivity contribution is 5.24. The molecule has 1 aliphatic heterocycles. The summed E-state index contributed by atoms with van der Waals surface area (Å²) < 4.78 is 1.97. The lowest BCUT2D eigenvalue weighted by atomic mass is 10.1. The van der Waals surface area contributed by atoms with Gasteiger partial charge in [-0.05, 0) is 25.3 Å². The molecule has 0 amide bonds. The number of hydrogen-bond donors (Lipinski definition) is 1. The molecule has 3 rings (SSSR count). The van der Waals surface area contributed by atoms with Gasteiger partial charge in [0.25, 0.3) is 0 Å². The second-order valence-electron chi connectivity index (χ2n) is 5.02. The molecule has 4 nitrogen and oxygen atoms in total. The quantitative estimate of drug-likeness (QED) is 0.876. The van der Waals surface area contributed by atoms with Gasteiger partial charge in [-0.2, -0.15) is 5.10 Å². The van der Waals surface area contributed by atoms with E-state index in [4.69, 9.17) is 5.73 Å². The van der Waals surface area contributed by atoms with Gasteiger partial charge in [0, 0.05) is 13.0 Å². The van der Waals surface area contributed by atoms with E-state index in [1.165, 1.54) is 11.1 Å². The molecule has 2 heterocycles. The molecule has 0 saturated heterocycles. The first kappa shape index (κ1) is 11.4. The number of rotatable bonds is 2. The fraction of sp³-hybridized carbons (Fsp3) is 0.429. The number of nitrogens with two attached hydrogens (primary N) is 1. The number of aromatic nitrogens is 3. The Labute approximate surface area is 107 Å². The van der Waals surface area contributed by atoms with Crippen LogP contribution >= 0.6 is 0 Å². The molecule has 18 heavy (non-hydrogen) atoms. The van der Waals surface area contributed by atoms with Gasteiger partial charge in [0.1, 0.15) is 5.82 Å². The standard InChI is InChI=1S/C14H18N4/c1-10-4-6-11(7-5-10)9-13-16-14-12(15)3-2-8-18(14)17-13/h4-7,12H,2-3,8-9,15H2,1H3. The van der Waals surface area contributed by atoms with Crippen LogP contribution in [0.2, 0.25) is 0 Å². The van der Waals surface area contributed by atoms with Crippen molar-refractivity contribution in [1.29, 1.82) is 0 Å². The van der Waals surface area contributed by atoms with Gasteiger partial charge >= 0.3 is 0 Å². The van der Waals surface area contributed by atoms with E-state index >= 15 is 0 Å². The van der Waals surface area contributed by atoms with Crippen LogP contribution in [0.15, 0.2) is 24.3 Å². The van der Waals surface area contributed by atoms with Crippen molar-refractivity contribution < 1.29 is 0 Å². The summed E-state index contributed by atoms with van der Waals surface area (Å²) in [5.74, 6) is 1.83. The molecular weight excluding hydrogens is 224 g/mol. The topological polar surface area (TPSA) is 56.7 Å². The molecule has 0 radical (unpaired) electrons. The van der Waals surface area contributed by atoms with Gasteiger partial charge in [-0.3, -0.25) is 0 Å². The van der Waals surface area contributed by atoms with E-state index in [1.54, 1.807) is 0 Å². The second kappa shape index (κ2) is 4.53. The van der Waals surface area contributed by atoms with E-state index in [-0.39, 0.29) is 6.04 Å². The zero-order valence-electron chi connectivity index (χ0n) is 10.6. The Morgan fingerprint density at radius 3 is 2.83 bits per heavy atom. The van der Waals surface area contributed by atoms with Gasteiger partial charge in [-0.15, -0.1) is 0 Å². The largest absolute Gasteiger partial charge is 0.321 e. The van der Waals surface area contributed by atoms with Crippen LogP contribution in [0.5, 0.6) is 0 Å². The summed E-state index contributed by atoms with van der Waals surface area (Å²) in [4.78, 5) is 4.58. The molecule has 94 valence electrons. The van der Waals surface area contributed by atoms with Crippen molar-refractivity contribution in [2.45, 2.75) is 38.8 Å². The Morgan fingerprint density at radius 2 is 2.11 bits per heavy atom. The lowest BCUT2D eigenvalue weighted by molar-refractivity contribution is 0.421.